The fraction of sp³-hybridized carbons (Fsp3) is 0.188. The van der Waals surface area contributed by atoms with Crippen LogP contribution in [0.2, 0.25) is 5.15 Å². The van der Waals surface area contributed by atoms with E-state index in [4.69, 9.17) is 16.3 Å². The van der Waals surface area contributed by atoms with Gasteiger partial charge in [0.1, 0.15) is 0 Å². The molecule has 0 aliphatic heterocycles. The molecule has 1 aromatic carbocycles. The molecule has 0 radical (unpaired) electrons. The molecule has 0 saturated heterocycles. The van der Waals surface area contributed by atoms with Gasteiger partial charge in [0.2, 0.25) is 0 Å². The highest BCUT2D eigenvalue weighted by molar-refractivity contribution is 7.90. The first-order valence-electron chi connectivity index (χ1n) is 7.11. The highest BCUT2D eigenvalue weighted by Gasteiger charge is 2.21. The van der Waals surface area contributed by atoms with Crippen molar-refractivity contribution in [3.63, 3.8) is 0 Å². The SMILES string of the molecule is CC(OC(=O)c1cccc(S(C)(=O)=O)c1)C(=O)Nc1cccnc1Cl. The van der Waals surface area contributed by atoms with E-state index >= 15 is 0 Å². The van der Waals surface area contributed by atoms with Crippen molar-refractivity contribution in [2.75, 3.05) is 11.6 Å². The van der Waals surface area contributed by atoms with Crippen LogP contribution in [0.1, 0.15) is 17.3 Å². The third-order valence-electron chi connectivity index (χ3n) is 3.17. The predicted molar refractivity (Wildman–Crippen MR) is 92.3 cm³/mol. The van der Waals surface area contributed by atoms with Crippen molar-refractivity contribution in [1.82, 2.24) is 4.98 Å². The third-order valence-corrected chi connectivity index (χ3v) is 4.58. The zero-order chi connectivity index (χ0) is 18.6. The molecule has 25 heavy (non-hydrogen) atoms. The van der Waals surface area contributed by atoms with Crippen LogP contribution >= 0.6 is 11.6 Å². The molecule has 1 atom stereocenters. The van der Waals surface area contributed by atoms with E-state index in [2.05, 4.69) is 10.3 Å². The molecule has 2 rings (SSSR count). The number of hydrogen-bond acceptors (Lipinski definition) is 6. The van der Waals surface area contributed by atoms with Gasteiger partial charge in [0.25, 0.3) is 5.91 Å². The fourth-order valence-corrected chi connectivity index (χ4v) is 2.68. The summed E-state index contributed by atoms with van der Waals surface area (Å²) in [5, 5.41) is 2.60. The van der Waals surface area contributed by atoms with E-state index in [9.17, 15) is 18.0 Å². The van der Waals surface area contributed by atoms with Gasteiger partial charge in [-0.3, -0.25) is 4.79 Å². The van der Waals surface area contributed by atoms with Crippen LogP contribution in [0.5, 0.6) is 0 Å². The molecule has 1 amide bonds. The minimum absolute atomic E-state index is 0.0128. The summed E-state index contributed by atoms with van der Waals surface area (Å²) in [5.74, 6) is -1.41. The zero-order valence-corrected chi connectivity index (χ0v) is 15.0. The lowest BCUT2D eigenvalue weighted by Crippen LogP contribution is -2.30. The lowest BCUT2D eigenvalue weighted by atomic mass is 10.2. The monoisotopic (exact) mass is 382 g/mol. The number of carbonyl (C=O) groups excluding carboxylic acids is 2. The van der Waals surface area contributed by atoms with Crippen molar-refractivity contribution < 1.29 is 22.7 Å². The van der Waals surface area contributed by atoms with Crippen LogP contribution in [0.25, 0.3) is 0 Å². The van der Waals surface area contributed by atoms with Crippen molar-refractivity contribution in [1.29, 1.82) is 0 Å². The highest BCUT2D eigenvalue weighted by atomic mass is 35.5. The normalized spacial score (nSPS) is 12.3. The van der Waals surface area contributed by atoms with Crippen molar-refractivity contribution in [2.24, 2.45) is 0 Å². The van der Waals surface area contributed by atoms with Crippen LogP contribution in [-0.2, 0) is 19.4 Å². The number of nitrogens with one attached hydrogen (secondary N) is 1. The number of amides is 1. The van der Waals surface area contributed by atoms with Gasteiger partial charge in [0.15, 0.2) is 21.1 Å². The number of sulfone groups is 1. The van der Waals surface area contributed by atoms with Crippen LogP contribution in [0.4, 0.5) is 5.69 Å². The summed E-state index contributed by atoms with van der Waals surface area (Å²) >= 11 is 5.84. The van der Waals surface area contributed by atoms with Crippen LogP contribution in [0.15, 0.2) is 47.5 Å². The van der Waals surface area contributed by atoms with Gasteiger partial charge in [0, 0.05) is 12.5 Å². The maximum absolute atomic E-state index is 12.1. The van der Waals surface area contributed by atoms with Gasteiger partial charge in [-0.25, -0.2) is 18.2 Å². The minimum Gasteiger partial charge on any atom is -0.449 e. The second-order valence-corrected chi connectivity index (χ2v) is 7.55. The molecule has 0 saturated carbocycles. The van der Waals surface area contributed by atoms with E-state index in [1.807, 2.05) is 0 Å². The number of aromatic nitrogens is 1. The summed E-state index contributed by atoms with van der Waals surface area (Å²) in [5.41, 5.74) is 0.318. The maximum atomic E-state index is 12.1. The minimum atomic E-state index is -3.46. The summed E-state index contributed by atoms with van der Waals surface area (Å²) in [4.78, 5) is 28.0. The lowest BCUT2D eigenvalue weighted by molar-refractivity contribution is -0.123. The van der Waals surface area contributed by atoms with E-state index in [0.717, 1.165) is 6.26 Å². The van der Waals surface area contributed by atoms with E-state index in [1.165, 1.54) is 37.4 Å². The standard InChI is InChI=1S/C16H15ClN2O5S/c1-10(15(20)19-13-7-4-8-18-14(13)17)24-16(21)11-5-3-6-12(9-11)25(2,22)23/h3-10H,1-2H3,(H,19,20). The molecular formula is C16H15ClN2O5S. The molecule has 0 spiro atoms. The number of carbonyl (C=O) groups is 2. The molecule has 1 aromatic heterocycles. The van der Waals surface area contributed by atoms with Gasteiger partial charge < -0.3 is 10.1 Å². The number of benzene rings is 1. The number of pyridine rings is 1. The Morgan fingerprint density at radius 1 is 1.24 bits per heavy atom. The molecule has 1 N–H and O–H groups in total. The summed E-state index contributed by atoms with van der Waals surface area (Å²) < 4.78 is 28.1. The van der Waals surface area contributed by atoms with Crippen LogP contribution in [0.3, 0.4) is 0 Å². The number of anilines is 1. The van der Waals surface area contributed by atoms with Crippen molar-refractivity contribution in [2.45, 2.75) is 17.9 Å². The summed E-state index contributed by atoms with van der Waals surface area (Å²) in [6.07, 6.45) is 1.38. The maximum Gasteiger partial charge on any atom is 0.338 e. The van der Waals surface area contributed by atoms with Gasteiger partial charge in [-0.15, -0.1) is 0 Å². The van der Waals surface area contributed by atoms with Gasteiger partial charge in [-0.05, 0) is 37.3 Å². The number of nitrogens with zero attached hydrogens (tertiary/aromatic N) is 1. The summed E-state index contributed by atoms with van der Waals surface area (Å²) in [7, 11) is -3.46. The summed E-state index contributed by atoms with van der Waals surface area (Å²) in [6, 6.07) is 8.53. The number of hydrogen-bond donors (Lipinski definition) is 1. The molecule has 0 bridgehead atoms. The van der Waals surface area contributed by atoms with Gasteiger partial charge in [-0.2, -0.15) is 0 Å². The first-order valence-corrected chi connectivity index (χ1v) is 9.38. The topological polar surface area (TPSA) is 102 Å². The van der Waals surface area contributed by atoms with Gasteiger partial charge in [0.05, 0.1) is 16.1 Å². The number of esters is 1. The number of halogens is 1. The Balaban J connectivity index is 2.07. The quantitative estimate of drug-likeness (QED) is 0.628. The van der Waals surface area contributed by atoms with Gasteiger partial charge in [-0.1, -0.05) is 17.7 Å². The Hall–Kier alpha value is -2.45. The molecule has 132 valence electrons. The molecular weight excluding hydrogens is 368 g/mol. The van der Waals surface area contributed by atoms with Crippen molar-refractivity contribution in [3.8, 4) is 0 Å². The Kier molecular flexibility index (Phi) is 5.76. The van der Waals surface area contributed by atoms with E-state index < -0.39 is 27.8 Å². The lowest BCUT2D eigenvalue weighted by Gasteiger charge is -2.14. The molecule has 1 heterocycles. The van der Waals surface area contributed by atoms with Gasteiger partial charge >= 0.3 is 5.97 Å². The molecule has 2 aromatic rings. The molecule has 1 unspecified atom stereocenters. The largest absolute Gasteiger partial charge is 0.449 e. The molecule has 0 aliphatic rings. The van der Waals surface area contributed by atoms with E-state index in [1.54, 1.807) is 12.1 Å². The summed E-state index contributed by atoms with van der Waals surface area (Å²) in [6.45, 7) is 1.39. The Bertz CT molecular complexity index is 914. The number of rotatable bonds is 5. The average molecular weight is 383 g/mol. The van der Waals surface area contributed by atoms with E-state index in [-0.39, 0.29) is 21.3 Å². The number of ether oxygens (including phenoxy) is 1. The zero-order valence-electron chi connectivity index (χ0n) is 13.4. The second kappa shape index (κ2) is 7.62. The molecule has 0 fully saturated rings. The van der Waals surface area contributed by atoms with Crippen molar-refractivity contribution >= 4 is 39.0 Å². The Labute approximate surface area is 149 Å². The fourth-order valence-electron chi connectivity index (χ4n) is 1.85. The average Bonchev–Trinajstić information content (AvgIpc) is 2.56. The molecule has 9 heteroatoms. The van der Waals surface area contributed by atoms with Crippen molar-refractivity contribution in [3.05, 3.63) is 53.3 Å². The smallest absolute Gasteiger partial charge is 0.338 e. The Morgan fingerprint density at radius 2 is 1.96 bits per heavy atom. The molecule has 7 nitrogen and oxygen atoms in total. The second-order valence-electron chi connectivity index (χ2n) is 5.18. The van der Waals surface area contributed by atoms with Crippen LogP contribution in [0, 0.1) is 0 Å². The highest BCUT2D eigenvalue weighted by Crippen LogP contribution is 2.18. The Morgan fingerprint density at radius 3 is 2.60 bits per heavy atom. The van der Waals surface area contributed by atoms with E-state index in [0.29, 0.717) is 0 Å². The van der Waals surface area contributed by atoms with Crippen LogP contribution < -0.4 is 5.32 Å². The molecule has 0 aliphatic carbocycles. The first-order chi connectivity index (χ1) is 11.7. The predicted octanol–water partition coefficient (Wildman–Crippen LogP) is 2.32. The third kappa shape index (κ3) is 5.01. The first kappa shape index (κ1) is 18.9. The van der Waals surface area contributed by atoms with Crippen LogP contribution in [-0.4, -0.2) is 37.6 Å².